The van der Waals surface area contributed by atoms with Crippen LogP contribution in [-0.4, -0.2) is 175 Å². The van der Waals surface area contributed by atoms with E-state index >= 15 is 0 Å². The number of benzene rings is 1. The molecular weight excluding hydrogens is 754 g/mol. The SMILES string of the molecule is CCCCCCCCCc1ccc(OCCOCCOCCOCCOCCOCCOCCOCCOCCOCCOCCOCCN2C(=O)C=CC2=O)cc1. The summed E-state index contributed by atoms with van der Waals surface area (Å²) in [5.41, 5.74) is 1.38. The Kier molecular flexibility index (Phi) is 35.5. The predicted molar refractivity (Wildman–Crippen MR) is 219 cm³/mol. The lowest BCUT2D eigenvalue weighted by Crippen LogP contribution is -2.33. The van der Waals surface area contributed by atoms with Gasteiger partial charge in [-0.25, -0.2) is 0 Å². The van der Waals surface area contributed by atoms with Gasteiger partial charge in [-0.05, 0) is 30.5 Å². The smallest absolute Gasteiger partial charge is 0.253 e. The number of amides is 2. The Morgan fingerprint density at radius 3 is 1.05 bits per heavy atom. The summed E-state index contributed by atoms with van der Waals surface area (Å²) in [6.07, 6.45) is 13.0. The van der Waals surface area contributed by atoms with Gasteiger partial charge in [0.05, 0.1) is 152 Å². The van der Waals surface area contributed by atoms with E-state index in [4.69, 9.17) is 56.8 Å². The third-order valence-corrected chi connectivity index (χ3v) is 8.57. The number of carbonyl (C=O) groups excluding carboxylic acids is 2. The Bertz CT molecular complexity index is 1090. The molecule has 0 fully saturated rings. The minimum Gasteiger partial charge on any atom is -0.491 e. The van der Waals surface area contributed by atoms with E-state index < -0.39 is 0 Å². The first-order valence-electron chi connectivity index (χ1n) is 21.3. The van der Waals surface area contributed by atoms with E-state index in [1.807, 2.05) is 0 Å². The number of hydrogen-bond acceptors (Lipinski definition) is 14. The average Bonchev–Trinajstić information content (AvgIpc) is 3.56. The third kappa shape index (κ3) is 31.4. The highest BCUT2D eigenvalue weighted by Gasteiger charge is 2.22. The largest absolute Gasteiger partial charge is 0.491 e. The highest BCUT2D eigenvalue weighted by molar-refractivity contribution is 6.12. The van der Waals surface area contributed by atoms with E-state index in [-0.39, 0.29) is 25.0 Å². The maximum atomic E-state index is 11.4. The highest BCUT2D eigenvalue weighted by atomic mass is 16.6. The van der Waals surface area contributed by atoms with Crippen molar-refractivity contribution in [3.05, 3.63) is 42.0 Å². The molecule has 0 aliphatic carbocycles. The molecule has 0 N–H and O–H groups in total. The summed E-state index contributed by atoms with van der Waals surface area (Å²) in [5, 5.41) is 0. The minimum absolute atomic E-state index is 0.238. The molecule has 58 heavy (non-hydrogen) atoms. The lowest BCUT2D eigenvalue weighted by atomic mass is 10.0. The summed E-state index contributed by atoms with van der Waals surface area (Å²) in [4.78, 5) is 24.0. The Balaban J connectivity index is 1.16. The van der Waals surface area contributed by atoms with Gasteiger partial charge in [0, 0.05) is 12.2 Å². The van der Waals surface area contributed by atoms with E-state index in [0.29, 0.717) is 145 Å². The van der Waals surface area contributed by atoms with Crippen molar-refractivity contribution in [1.82, 2.24) is 4.90 Å². The summed E-state index contributed by atoms with van der Waals surface area (Å²) in [7, 11) is 0. The van der Waals surface area contributed by atoms with Gasteiger partial charge in [0.2, 0.25) is 0 Å². The first-order chi connectivity index (χ1) is 28.7. The van der Waals surface area contributed by atoms with E-state index in [1.165, 1.54) is 62.7 Å². The molecule has 0 saturated heterocycles. The van der Waals surface area contributed by atoms with Crippen molar-refractivity contribution in [3.63, 3.8) is 0 Å². The fraction of sp³-hybridized carbons (Fsp3) is 0.767. The molecule has 15 nitrogen and oxygen atoms in total. The van der Waals surface area contributed by atoms with E-state index in [2.05, 4.69) is 31.2 Å². The van der Waals surface area contributed by atoms with Crippen LogP contribution < -0.4 is 4.74 Å². The van der Waals surface area contributed by atoms with Crippen molar-refractivity contribution < 1.29 is 66.4 Å². The van der Waals surface area contributed by atoms with Gasteiger partial charge in [-0.1, -0.05) is 57.6 Å². The molecule has 1 aromatic carbocycles. The van der Waals surface area contributed by atoms with Crippen LogP contribution in [0, 0.1) is 0 Å². The number of nitrogens with zero attached hydrogens (tertiary/aromatic N) is 1. The normalized spacial score (nSPS) is 12.7. The van der Waals surface area contributed by atoms with E-state index in [1.54, 1.807) is 0 Å². The number of aryl methyl sites for hydroxylation is 1. The molecule has 2 amide bonds. The molecule has 15 heteroatoms. The number of ether oxygens (including phenoxy) is 12. The first-order valence-corrected chi connectivity index (χ1v) is 21.3. The van der Waals surface area contributed by atoms with Gasteiger partial charge in [-0.3, -0.25) is 14.5 Å². The Labute approximate surface area is 347 Å². The number of carbonyl (C=O) groups is 2. The number of hydrogen-bond donors (Lipinski definition) is 0. The Hall–Kier alpha value is -2.54. The minimum atomic E-state index is -0.307. The number of unbranched alkanes of at least 4 members (excludes halogenated alkanes) is 6. The maximum absolute atomic E-state index is 11.4. The van der Waals surface area contributed by atoms with Gasteiger partial charge in [0.25, 0.3) is 11.8 Å². The van der Waals surface area contributed by atoms with Crippen LogP contribution >= 0.6 is 0 Å². The summed E-state index contributed by atoms with van der Waals surface area (Å²) in [6, 6.07) is 8.44. The predicted octanol–water partition coefficient (Wildman–Crippen LogP) is 4.47. The molecule has 0 unspecified atom stereocenters. The van der Waals surface area contributed by atoms with Gasteiger partial charge in [-0.15, -0.1) is 0 Å². The average molecular weight is 828 g/mol. The highest BCUT2D eigenvalue weighted by Crippen LogP contribution is 2.15. The Morgan fingerprint density at radius 2 is 0.690 bits per heavy atom. The molecule has 0 spiro atoms. The van der Waals surface area contributed by atoms with Crippen molar-refractivity contribution in [1.29, 1.82) is 0 Å². The molecule has 1 aromatic rings. The van der Waals surface area contributed by atoms with Crippen LogP contribution in [0.5, 0.6) is 5.75 Å². The second kappa shape index (κ2) is 39.9. The van der Waals surface area contributed by atoms with Crippen LogP contribution in [0.25, 0.3) is 0 Å². The molecule has 1 aliphatic rings. The zero-order chi connectivity index (χ0) is 41.2. The van der Waals surface area contributed by atoms with Gasteiger partial charge in [0.15, 0.2) is 0 Å². The van der Waals surface area contributed by atoms with Gasteiger partial charge >= 0.3 is 0 Å². The second-order valence-corrected chi connectivity index (χ2v) is 13.3. The van der Waals surface area contributed by atoms with Gasteiger partial charge in [-0.2, -0.15) is 0 Å². The summed E-state index contributed by atoms with van der Waals surface area (Å²) in [6.45, 7) is 13.4. The van der Waals surface area contributed by atoms with Crippen molar-refractivity contribution in [3.8, 4) is 5.75 Å². The fourth-order valence-electron chi connectivity index (χ4n) is 5.37. The van der Waals surface area contributed by atoms with Crippen LogP contribution in [0.3, 0.4) is 0 Å². The van der Waals surface area contributed by atoms with E-state index in [9.17, 15) is 9.59 Å². The molecule has 2 rings (SSSR count). The quantitative estimate of drug-likeness (QED) is 0.0673. The summed E-state index contributed by atoms with van der Waals surface area (Å²) in [5.74, 6) is 0.268. The molecular formula is C43H73NO14. The molecule has 1 aliphatic heterocycles. The zero-order valence-electron chi connectivity index (χ0n) is 35.3. The Morgan fingerprint density at radius 1 is 0.379 bits per heavy atom. The van der Waals surface area contributed by atoms with Gasteiger partial charge < -0.3 is 56.8 Å². The second-order valence-electron chi connectivity index (χ2n) is 13.3. The molecule has 0 saturated carbocycles. The standard InChI is InChI=1S/C43H73NO14/c1-2-3-4-5-6-7-8-9-40-10-12-41(13-11-40)58-39-38-57-37-36-56-35-34-55-33-32-54-31-30-53-29-28-52-27-26-51-25-24-50-23-22-49-21-20-48-19-18-47-17-16-44-42(45)14-15-43(44)46/h10-15H,2-9,16-39H2,1H3. The van der Waals surface area contributed by atoms with Gasteiger partial charge in [0.1, 0.15) is 12.4 Å². The lowest BCUT2D eigenvalue weighted by Gasteiger charge is -2.13. The molecule has 1 heterocycles. The van der Waals surface area contributed by atoms with Crippen LogP contribution in [0.15, 0.2) is 36.4 Å². The zero-order valence-corrected chi connectivity index (χ0v) is 35.3. The molecule has 0 bridgehead atoms. The monoisotopic (exact) mass is 828 g/mol. The molecule has 0 atom stereocenters. The molecule has 0 aromatic heterocycles. The summed E-state index contributed by atoms with van der Waals surface area (Å²) >= 11 is 0. The molecule has 334 valence electrons. The lowest BCUT2D eigenvalue weighted by molar-refractivity contribution is -0.137. The van der Waals surface area contributed by atoms with Crippen LogP contribution in [-0.2, 0) is 68.1 Å². The van der Waals surface area contributed by atoms with Crippen molar-refractivity contribution in [2.45, 2.75) is 58.3 Å². The van der Waals surface area contributed by atoms with Crippen molar-refractivity contribution in [2.24, 2.45) is 0 Å². The third-order valence-electron chi connectivity index (χ3n) is 8.57. The summed E-state index contributed by atoms with van der Waals surface area (Å²) < 4.78 is 66.2. The fourth-order valence-corrected chi connectivity index (χ4v) is 5.37. The van der Waals surface area contributed by atoms with Crippen LogP contribution in [0.2, 0.25) is 0 Å². The maximum Gasteiger partial charge on any atom is 0.253 e. The van der Waals surface area contributed by atoms with E-state index in [0.717, 1.165) is 17.1 Å². The number of rotatable bonds is 45. The first kappa shape index (κ1) is 51.6. The van der Waals surface area contributed by atoms with Crippen LogP contribution in [0.4, 0.5) is 0 Å². The topological polar surface area (TPSA) is 148 Å². The van der Waals surface area contributed by atoms with Crippen molar-refractivity contribution >= 4 is 11.8 Å². The van der Waals surface area contributed by atoms with Crippen LogP contribution in [0.1, 0.15) is 57.4 Å². The molecule has 0 radical (unpaired) electrons. The number of imide groups is 1. The van der Waals surface area contributed by atoms with Crippen molar-refractivity contribution in [2.75, 3.05) is 159 Å².